The van der Waals surface area contributed by atoms with Gasteiger partial charge in [0.15, 0.2) is 0 Å². The van der Waals surface area contributed by atoms with Crippen molar-refractivity contribution in [1.29, 1.82) is 0 Å². The number of carbonyl (C=O) groups excluding carboxylic acids is 1. The van der Waals surface area contributed by atoms with Crippen LogP contribution in [0.3, 0.4) is 0 Å². The van der Waals surface area contributed by atoms with E-state index in [1.165, 1.54) is 17.2 Å². The fourth-order valence-corrected chi connectivity index (χ4v) is 2.74. The zero-order valence-electron chi connectivity index (χ0n) is 11.6. The number of para-hydroxylation sites is 1. The lowest BCUT2D eigenvalue weighted by Crippen LogP contribution is -2.30. The summed E-state index contributed by atoms with van der Waals surface area (Å²) in [5.41, 5.74) is 2.82. The lowest BCUT2D eigenvalue weighted by molar-refractivity contribution is -0.115. The minimum atomic E-state index is -0.419. The summed E-state index contributed by atoms with van der Waals surface area (Å²) >= 11 is 0. The maximum atomic E-state index is 13.5. The molecule has 0 saturated heterocycles. The first kappa shape index (κ1) is 13.8. The summed E-state index contributed by atoms with van der Waals surface area (Å²) in [6, 6.07) is 14.6. The third kappa shape index (κ3) is 3.11. The molecule has 0 radical (unpaired) electrons. The number of anilines is 1. The maximum absolute atomic E-state index is 13.5. The van der Waals surface area contributed by atoms with E-state index < -0.39 is 5.82 Å². The van der Waals surface area contributed by atoms with Crippen molar-refractivity contribution in [2.75, 3.05) is 11.9 Å². The van der Waals surface area contributed by atoms with Crippen LogP contribution in [-0.4, -0.2) is 12.5 Å². The van der Waals surface area contributed by atoms with E-state index in [0.29, 0.717) is 0 Å². The molecule has 1 amide bonds. The highest BCUT2D eigenvalue weighted by Crippen LogP contribution is 2.30. The second-order valence-corrected chi connectivity index (χ2v) is 5.20. The Morgan fingerprint density at radius 2 is 1.90 bits per heavy atom. The number of amides is 1. The molecule has 0 saturated carbocycles. The number of benzene rings is 2. The molecule has 2 aromatic rings. The van der Waals surface area contributed by atoms with Crippen LogP contribution in [0.4, 0.5) is 10.1 Å². The smallest absolute Gasteiger partial charge is 0.238 e. The van der Waals surface area contributed by atoms with E-state index in [0.717, 1.165) is 12.8 Å². The molecule has 1 aliphatic rings. The van der Waals surface area contributed by atoms with Crippen LogP contribution in [0, 0.1) is 5.82 Å². The van der Waals surface area contributed by atoms with Gasteiger partial charge in [-0.2, -0.15) is 0 Å². The highest BCUT2D eigenvalue weighted by Gasteiger charge is 2.21. The van der Waals surface area contributed by atoms with Gasteiger partial charge < -0.3 is 10.6 Å². The molecule has 0 fully saturated rings. The van der Waals surface area contributed by atoms with Crippen LogP contribution < -0.4 is 10.6 Å². The largest absolute Gasteiger partial charge is 0.322 e. The number of aryl methyl sites for hydroxylation is 1. The summed E-state index contributed by atoms with van der Waals surface area (Å²) in [4.78, 5) is 11.9. The average molecular weight is 284 g/mol. The Morgan fingerprint density at radius 3 is 2.76 bits per heavy atom. The molecule has 1 atom stereocenters. The molecule has 2 N–H and O–H groups in total. The minimum absolute atomic E-state index is 0.174. The summed E-state index contributed by atoms with van der Waals surface area (Å²) in [5.74, 6) is -0.651. The van der Waals surface area contributed by atoms with E-state index in [-0.39, 0.29) is 24.2 Å². The molecular formula is C17H17FN2O. The number of fused-ring (bicyclic) bond motifs is 1. The molecule has 1 unspecified atom stereocenters. The lowest BCUT2D eigenvalue weighted by atomic mass is 10.1. The van der Waals surface area contributed by atoms with E-state index in [1.54, 1.807) is 18.2 Å². The van der Waals surface area contributed by atoms with Crippen LogP contribution in [0.25, 0.3) is 0 Å². The predicted molar refractivity (Wildman–Crippen MR) is 80.5 cm³/mol. The summed E-state index contributed by atoms with van der Waals surface area (Å²) in [5, 5.41) is 5.82. The lowest BCUT2D eigenvalue weighted by Gasteiger charge is -2.14. The predicted octanol–water partition coefficient (Wildman–Crippen LogP) is 3.04. The number of rotatable bonds is 4. The van der Waals surface area contributed by atoms with Crippen molar-refractivity contribution in [2.24, 2.45) is 0 Å². The van der Waals surface area contributed by atoms with Crippen molar-refractivity contribution in [1.82, 2.24) is 5.32 Å². The third-order valence-corrected chi connectivity index (χ3v) is 3.79. The fraction of sp³-hybridized carbons (Fsp3) is 0.235. The standard InChI is InChI=1S/C17H17FN2O/c18-14-7-3-4-8-16(14)20-17(21)11-19-15-10-9-12-5-1-2-6-13(12)15/h1-8,15,19H,9-11H2,(H,20,21). The van der Waals surface area contributed by atoms with Crippen molar-refractivity contribution >= 4 is 11.6 Å². The molecule has 2 aromatic carbocycles. The van der Waals surface area contributed by atoms with E-state index in [4.69, 9.17) is 0 Å². The Hall–Kier alpha value is -2.20. The topological polar surface area (TPSA) is 41.1 Å². The Kier molecular flexibility index (Phi) is 3.97. The molecule has 0 aromatic heterocycles. The van der Waals surface area contributed by atoms with Crippen molar-refractivity contribution < 1.29 is 9.18 Å². The van der Waals surface area contributed by atoms with E-state index >= 15 is 0 Å². The van der Waals surface area contributed by atoms with Gasteiger partial charge in [0.05, 0.1) is 12.2 Å². The SMILES string of the molecule is O=C(CNC1CCc2ccccc21)Nc1ccccc1F. The van der Waals surface area contributed by atoms with Gasteiger partial charge in [0, 0.05) is 6.04 Å². The number of hydrogen-bond acceptors (Lipinski definition) is 2. The van der Waals surface area contributed by atoms with Gasteiger partial charge in [-0.1, -0.05) is 36.4 Å². The van der Waals surface area contributed by atoms with Gasteiger partial charge in [0.25, 0.3) is 0 Å². The Labute approximate surface area is 123 Å². The molecule has 108 valence electrons. The average Bonchev–Trinajstić information content (AvgIpc) is 2.91. The van der Waals surface area contributed by atoms with Gasteiger partial charge in [-0.15, -0.1) is 0 Å². The van der Waals surface area contributed by atoms with Crippen molar-refractivity contribution in [3.05, 3.63) is 65.5 Å². The van der Waals surface area contributed by atoms with Crippen LogP contribution in [-0.2, 0) is 11.2 Å². The molecule has 0 aliphatic heterocycles. The first-order valence-electron chi connectivity index (χ1n) is 7.09. The zero-order chi connectivity index (χ0) is 14.7. The Bertz CT molecular complexity index is 657. The van der Waals surface area contributed by atoms with Gasteiger partial charge >= 0.3 is 0 Å². The highest BCUT2D eigenvalue weighted by atomic mass is 19.1. The molecule has 0 bridgehead atoms. The van der Waals surface area contributed by atoms with Crippen molar-refractivity contribution in [2.45, 2.75) is 18.9 Å². The molecule has 4 heteroatoms. The van der Waals surface area contributed by atoms with Crippen LogP contribution in [0.2, 0.25) is 0 Å². The number of carbonyl (C=O) groups is 1. The van der Waals surface area contributed by atoms with Crippen LogP contribution in [0.5, 0.6) is 0 Å². The fourth-order valence-electron chi connectivity index (χ4n) is 2.74. The normalized spacial score (nSPS) is 16.5. The number of hydrogen-bond donors (Lipinski definition) is 2. The first-order chi connectivity index (χ1) is 10.2. The summed E-state index contributed by atoms with van der Waals surface area (Å²) in [7, 11) is 0. The summed E-state index contributed by atoms with van der Waals surface area (Å²) in [6.07, 6.45) is 2.02. The quantitative estimate of drug-likeness (QED) is 0.906. The Morgan fingerprint density at radius 1 is 1.14 bits per heavy atom. The second kappa shape index (κ2) is 6.06. The molecule has 3 rings (SSSR count). The highest BCUT2D eigenvalue weighted by molar-refractivity contribution is 5.92. The zero-order valence-corrected chi connectivity index (χ0v) is 11.6. The van der Waals surface area contributed by atoms with Gasteiger partial charge in [0.1, 0.15) is 5.82 Å². The van der Waals surface area contributed by atoms with Gasteiger partial charge in [-0.25, -0.2) is 4.39 Å². The van der Waals surface area contributed by atoms with E-state index in [2.05, 4.69) is 22.8 Å². The maximum Gasteiger partial charge on any atom is 0.238 e. The van der Waals surface area contributed by atoms with Crippen LogP contribution in [0.15, 0.2) is 48.5 Å². The Balaban J connectivity index is 1.57. The first-order valence-corrected chi connectivity index (χ1v) is 7.09. The molecular weight excluding hydrogens is 267 g/mol. The van der Waals surface area contributed by atoms with E-state index in [9.17, 15) is 9.18 Å². The third-order valence-electron chi connectivity index (χ3n) is 3.79. The molecule has 21 heavy (non-hydrogen) atoms. The second-order valence-electron chi connectivity index (χ2n) is 5.20. The summed E-state index contributed by atoms with van der Waals surface area (Å²) in [6.45, 7) is 0.174. The van der Waals surface area contributed by atoms with Crippen LogP contribution in [0.1, 0.15) is 23.6 Å². The molecule has 1 aliphatic carbocycles. The summed E-state index contributed by atoms with van der Waals surface area (Å²) < 4.78 is 13.5. The van der Waals surface area contributed by atoms with Gasteiger partial charge in [0.2, 0.25) is 5.91 Å². The van der Waals surface area contributed by atoms with E-state index in [1.807, 2.05) is 12.1 Å². The number of halogens is 1. The van der Waals surface area contributed by atoms with Gasteiger partial charge in [-0.3, -0.25) is 4.79 Å². The number of nitrogens with one attached hydrogen (secondary N) is 2. The van der Waals surface area contributed by atoms with Gasteiger partial charge in [-0.05, 0) is 36.1 Å². The minimum Gasteiger partial charge on any atom is -0.322 e. The van der Waals surface area contributed by atoms with Crippen molar-refractivity contribution in [3.63, 3.8) is 0 Å². The monoisotopic (exact) mass is 284 g/mol. The van der Waals surface area contributed by atoms with Crippen LogP contribution >= 0.6 is 0 Å². The molecule has 0 heterocycles. The molecule has 0 spiro atoms. The van der Waals surface area contributed by atoms with Crippen molar-refractivity contribution in [3.8, 4) is 0 Å². The molecule has 3 nitrogen and oxygen atoms in total.